The summed E-state index contributed by atoms with van der Waals surface area (Å²) in [5.74, 6) is 0.467. The van der Waals surface area contributed by atoms with Gasteiger partial charge in [0.25, 0.3) is 0 Å². The van der Waals surface area contributed by atoms with Crippen molar-refractivity contribution in [3.8, 4) is 5.75 Å². The highest BCUT2D eigenvalue weighted by molar-refractivity contribution is 5.73. The average Bonchev–Trinajstić information content (AvgIpc) is 2.82. The Balaban J connectivity index is 1.56. The summed E-state index contributed by atoms with van der Waals surface area (Å²) in [5, 5.41) is 0. The highest BCUT2D eigenvalue weighted by atomic mass is 16.5. The maximum atomic E-state index is 11.9. The Morgan fingerprint density at radius 3 is 2.87 bits per heavy atom. The van der Waals surface area contributed by atoms with E-state index in [2.05, 4.69) is 0 Å². The number of nitrogens with zero attached hydrogens (tertiary/aromatic N) is 1. The molecule has 0 saturated heterocycles. The number of aromatic nitrogens is 1. The van der Waals surface area contributed by atoms with E-state index in [9.17, 15) is 4.79 Å². The van der Waals surface area contributed by atoms with E-state index < -0.39 is 0 Å². The third-order valence-electron chi connectivity index (χ3n) is 3.73. The summed E-state index contributed by atoms with van der Waals surface area (Å²) in [6.07, 6.45) is 1.69. The molecule has 3 rings (SSSR count). The van der Waals surface area contributed by atoms with Gasteiger partial charge in [-0.1, -0.05) is 12.1 Å². The van der Waals surface area contributed by atoms with Crippen molar-refractivity contribution in [2.24, 2.45) is 0 Å². The first-order chi connectivity index (χ1) is 11.1. The second kappa shape index (κ2) is 6.60. The number of hydrogen-bond donors (Lipinski definition) is 1. The quantitative estimate of drug-likeness (QED) is 0.560. The highest BCUT2D eigenvalue weighted by Crippen LogP contribution is 2.16. The minimum absolute atomic E-state index is 0.303. The third-order valence-corrected chi connectivity index (χ3v) is 3.73. The van der Waals surface area contributed by atoms with Crippen LogP contribution in [-0.2, 0) is 6.54 Å². The molecule has 0 saturated carbocycles. The van der Waals surface area contributed by atoms with Crippen molar-refractivity contribution in [1.82, 2.24) is 4.57 Å². The molecule has 120 valence electrons. The number of hydrogen-bond acceptors (Lipinski definition) is 4. The van der Waals surface area contributed by atoms with Gasteiger partial charge in [0.2, 0.25) is 0 Å². The number of anilines is 1. The molecule has 2 N–H and O–H groups in total. The number of rotatable bonds is 6. The van der Waals surface area contributed by atoms with Gasteiger partial charge in [0.05, 0.1) is 12.1 Å². The van der Waals surface area contributed by atoms with Crippen LogP contribution in [0, 0.1) is 6.92 Å². The van der Waals surface area contributed by atoms with E-state index in [0.29, 0.717) is 24.4 Å². The Bertz CT molecular complexity index is 864. The topological polar surface area (TPSA) is 70.4 Å². The summed E-state index contributed by atoms with van der Waals surface area (Å²) in [6, 6.07) is 13.1. The molecule has 0 aliphatic heterocycles. The van der Waals surface area contributed by atoms with Crippen molar-refractivity contribution < 1.29 is 9.15 Å². The zero-order valence-electron chi connectivity index (χ0n) is 13.1. The van der Waals surface area contributed by atoms with Crippen molar-refractivity contribution >= 4 is 16.8 Å². The van der Waals surface area contributed by atoms with Crippen LogP contribution in [0.4, 0.5) is 5.69 Å². The van der Waals surface area contributed by atoms with Crippen LogP contribution in [0.1, 0.15) is 18.4 Å². The summed E-state index contributed by atoms with van der Waals surface area (Å²) in [4.78, 5) is 11.9. The smallest absolute Gasteiger partial charge is 0.419 e. The van der Waals surface area contributed by atoms with E-state index in [4.69, 9.17) is 14.9 Å². The van der Waals surface area contributed by atoms with Crippen LogP contribution in [0.2, 0.25) is 0 Å². The normalized spacial score (nSPS) is 11.0. The van der Waals surface area contributed by atoms with E-state index in [0.717, 1.165) is 29.7 Å². The lowest BCUT2D eigenvalue weighted by Gasteiger charge is -2.07. The van der Waals surface area contributed by atoms with Crippen molar-refractivity contribution in [3.05, 3.63) is 58.6 Å². The largest absolute Gasteiger partial charge is 0.494 e. The Morgan fingerprint density at radius 1 is 1.17 bits per heavy atom. The Labute approximate surface area is 134 Å². The molecule has 0 unspecified atom stereocenters. The predicted molar refractivity (Wildman–Crippen MR) is 90.8 cm³/mol. The lowest BCUT2D eigenvalue weighted by atomic mass is 10.2. The van der Waals surface area contributed by atoms with Crippen LogP contribution in [0.25, 0.3) is 11.1 Å². The number of benzene rings is 2. The molecule has 0 radical (unpaired) electrons. The molecule has 3 aromatic rings. The fourth-order valence-corrected chi connectivity index (χ4v) is 2.55. The van der Waals surface area contributed by atoms with Gasteiger partial charge in [0.15, 0.2) is 5.58 Å². The fourth-order valence-electron chi connectivity index (χ4n) is 2.55. The molecular formula is C18H20N2O3. The van der Waals surface area contributed by atoms with E-state index in [1.54, 1.807) is 10.6 Å². The molecule has 0 bridgehead atoms. The summed E-state index contributed by atoms with van der Waals surface area (Å²) < 4.78 is 12.6. The third kappa shape index (κ3) is 3.56. The van der Waals surface area contributed by atoms with Gasteiger partial charge in [0.1, 0.15) is 5.75 Å². The Morgan fingerprint density at radius 2 is 2.04 bits per heavy atom. The van der Waals surface area contributed by atoms with Gasteiger partial charge in [-0.3, -0.25) is 4.57 Å². The molecule has 1 aromatic heterocycles. The monoisotopic (exact) mass is 312 g/mol. The summed E-state index contributed by atoms with van der Waals surface area (Å²) in [5.41, 5.74) is 8.99. The van der Waals surface area contributed by atoms with Gasteiger partial charge < -0.3 is 14.9 Å². The number of ether oxygens (including phenoxy) is 1. The molecule has 0 spiro atoms. The molecule has 23 heavy (non-hydrogen) atoms. The van der Waals surface area contributed by atoms with E-state index in [1.165, 1.54) is 0 Å². The number of fused-ring (bicyclic) bond motifs is 1. The number of oxazole rings is 1. The van der Waals surface area contributed by atoms with Gasteiger partial charge in [-0.2, -0.15) is 0 Å². The van der Waals surface area contributed by atoms with Gasteiger partial charge in [-0.05, 0) is 49.6 Å². The lowest BCUT2D eigenvalue weighted by Crippen LogP contribution is -2.14. The maximum Gasteiger partial charge on any atom is 0.419 e. The molecular weight excluding hydrogens is 292 g/mol. The van der Waals surface area contributed by atoms with Gasteiger partial charge in [-0.15, -0.1) is 0 Å². The zero-order chi connectivity index (χ0) is 16.2. The van der Waals surface area contributed by atoms with E-state index in [-0.39, 0.29) is 5.76 Å². The van der Waals surface area contributed by atoms with E-state index >= 15 is 0 Å². The Kier molecular flexibility index (Phi) is 4.37. The number of aryl methyl sites for hydroxylation is 2. The first-order valence-electron chi connectivity index (χ1n) is 7.72. The van der Waals surface area contributed by atoms with Crippen molar-refractivity contribution in [2.75, 3.05) is 12.3 Å². The number of unbranched alkanes of at least 4 members (excludes halogenated alkanes) is 1. The second-order valence-corrected chi connectivity index (χ2v) is 5.62. The molecule has 1 heterocycles. The first kappa shape index (κ1) is 15.2. The van der Waals surface area contributed by atoms with Crippen LogP contribution in [0.15, 0.2) is 51.7 Å². The molecule has 0 amide bonds. The number of nitrogens with two attached hydrogens (primary N) is 1. The summed E-state index contributed by atoms with van der Waals surface area (Å²) in [7, 11) is 0. The molecule has 0 aliphatic carbocycles. The summed E-state index contributed by atoms with van der Waals surface area (Å²) in [6.45, 7) is 3.21. The second-order valence-electron chi connectivity index (χ2n) is 5.62. The molecule has 5 heteroatoms. The SMILES string of the molecule is Cc1ccc2oc(=O)n(CCCCOc3cccc(N)c3)c2c1. The molecule has 0 fully saturated rings. The molecule has 5 nitrogen and oxygen atoms in total. The van der Waals surface area contributed by atoms with Crippen LogP contribution in [0.5, 0.6) is 5.75 Å². The van der Waals surface area contributed by atoms with Crippen molar-refractivity contribution in [1.29, 1.82) is 0 Å². The standard InChI is InChI=1S/C18H20N2O3/c1-13-7-8-17-16(11-13)20(18(21)23-17)9-2-3-10-22-15-6-4-5-14(19)12-15/h4-8,11-12H,2-3,9-10,19H2,1H3. The highest BCUT2D eigenvalue weighted by Gasteiger charge is 2.08. The number of nitrogen functional groups attached to an aromatic ring is 1. The van der Waals surface area contributed by atoms with E-state index in [1.807, 2.05) is 43.3 Å². The maximum absolute atomic E-state index is 11.9. The molecule has 0 atom stereocenters. The zero-order valence-corrected chi connectivity index (χ0v) is 13.1. The van der Waals surface area contributed by atoms with Crippen LogP contribution in [-0.4, -0.2) is 11.2 Å². The van der Waals surface area contributed by atoms with Crippen LogP contribution < -0.4 is 16.2 Å². The van der Waals surface area contributed by atoms with Crippen molar-refractivity contribution in [2.45, 2.75) is 26.3 Å². The van der Waals surface area contributed by atoms with Crippen LogP contribution in [0.3, 0.4) is 0 Å². The Hall–Kier alpha value is -2.69. The first-order valence-corrected chi connectivity index (χ1v) is 7.72. The molecule has 2 aromatic carbocycles. The average molecular weight is 312 g/mol. The van der Waals surface area contributed by atoms with Crippen molar-refractivity contribution in [3.63, 3.8) is 0 Å². The fraction of sp³-hybridized carbons (Fsp3) is 0.278. The summed E-state index contributed by atoms with van der Waals surface area (Å²) >= 11 is 0. The van der Waals surface area contributed by atoms with Crippen LogP contribution >= 0.6 is 0 Å². The minimum Gasteiger partial charge on any atom is -0.494 e. The molecule has 0 aliphatic rings. The van der Waals surface area contributed by atoms with Gasteiger partial charge >= 0.3 is 5.76 Å². The lowest BCUT2D eigenvalue weighted by molar-refractivity contribution is 0.302. The predicted octanol–water partition coefficient (Wildman–Crippen LogP) is 3.34. The minimum atomic E-state index is -0.303. The van der Waals surface area contributed by atoms with Gasteiger partial charge in [0, 0.05) is 18.3 Å². The van der Waals surface area contributed by atoms with Gasteiger partial charge in [-0.25, -0.2) is 4.79 Å².